The number of thioether (sulfide) groups is 1. The first kappa shape index (κ1) is 18.1. The van der Waals surface area contributed by atoms with Crippen molar-refractivity contribution in [2.24, 2.45) is 5.92 Å². The molecule has 1 fully saturated rings. The maximum Gasteiger partial charge on any atom is 0.306 e. The lowest BCUT2D eigenvalue weighted by Crippen LogP contribution is -2.38. The highest BCUT2D eigenvalue weighted by Gasteiger charge is 2.23. The maximum atomic E-state index is 10.9. The molecule has 0 unspecified atom stereocenters. The van der Waals surface area contributed by atoms with E-state index in [-0.39, 0.29) is 18.3 Å². The lowest BCUT2D eigenvalue weighted by atomic mass is 9.97. The molecule has 1 saturated heterocycles. The van der Waals surface area contributed by atoms with Crippen LogP contribution in [0.1, 0.15) is 12.8 Å². The summed E-state index contributed by atoms with van der Waals surface area (Å²) in [7, 11) is 0. The molecule has 0 aliphatic carbocycles. The molecular weight excluding hydrogens is 310 g/mol. The van der Waals surface area contributed by atoms with Crippen molar-refractivity contribution < 1.29 is 14.6 Å². The summed E-state index contributed by atoms with van der Waals surface area (Å²) in [6.45, 7) is 3.21. The van der Waals surface area contributed by atoms with Gasteiger partial charge in [0, 0.05) is 11.4 Å². The van der Waals surface area contributed by atoms with E-state index < -0.39 is 5.97 Å². The first-order valence-electron chi connectivity index (χ1n) is 6.91. The second kappa shape index (κ2) is 9.18. The van der Waals surface area contributed by atoms with Crippen LogP contribution >= 0.6 is 24.2 Å². The second-order valence-electron chi connectivity index (χ2n) is 4.98. The number of carboxylic acids is 1. The average Bonchev–Trinajstić information content (AvgIpc) is 2.48. The summed E-state index contributed by atoms with van der Waals surface area (Å²) < 4.78 is 5.72. The highest BCUT2D eigenvalue weighted by atomic mass is 35.5. The third kappa shape index (κ3) is 5.77. The number of hydrogen-bond acceptors (Lipinski definition) is 4. The van der Waals surface area contributed by atoms with E-state index in [1.54, 1.807) is 11.8 Å². The van der Waals surface area contributed by atoms with Gasteiger partial charge < -0.3 is 9.84 Å². The topological polar surface area (TPSA) is 49.8 Å². The lowest BCUT2D eigenvalue weighted by Gasteiger charge is -2.29. The maximum absolute atomic E-state index is 10.9. The SMILES string of the molecule is CSc1ccc(OCCN2CCC(C(=O)O)CC2)cc1.Cl. The predicted molar refractivity (Wildman–Crippen MR) is 87.8 cm³/mol. The third-order valence-corrected chi connectivity index (χ3v) is 4.42. The van der Waals surface area contributed by atoms with Crippen LogP contribution in [-0.2, 0) is 4.79 Å². The van der Waals surface area contributed by atoms with Crippen molar-refractivity contribution in [1.29, 1.82) is 0 Å². The molecule has 1 N–H and O–H groups in total. The fourth-order valence-corrected chi connectivity index (χ4v) is 2.78. The van der Waals surface area contributed by atoms with Gasteiger partial charge in [0.1, 0.15) is 12.4 Å². The molecule has 21 heavy (non-hydrogen) atoms. The van der Waals surface area contributed by atoms with Crippen LogP contribution in [0.15, 0.2) is 29.2 Å². The number of rotatable bonds is 6. The van der Waals surface area contributed by atoms with E-state index in [2.05, 4.69) is 23.3 Å². The zero-order chi connectivity index (χ0) is 14.4. The summed E-state index contributed by atoms with van der Waals surface area (Å²) in [6, 6.07) is 8.09. The van der Waals surface area contributed by atoms with E-state index in [4.69, 9.17) is 9.84 Å². The molecule has 1 heterocycles. The number of halogens is 1. The summed E-state index contributed by atoms with van der Waals surface area (Å²) in [5.74, 6) is 0.0734. The smallest absolute Gasteiger partial charge is 0.306 e. The summed E-state index contributed by atoms with van der Waals surface area (Å²) >= 11 is 1.71. The molecule has 0 aromatic heterocycles. The van der Waals surface area contributed by atoms with Crippen LogP contribution in [0.25, 0.3) is 0 Å². The Labute approximate surface area is 136 Å². The van der Waals surface area contributed by atoms with Crippen LogP contribution in [0, 0.1) is 5.92 Å². The summed E-state index contributed by atoms with van der Waals surface area (Å²) in [5.41, 5.74) is 0. The Morgan fingerprint density at radius 2 is 1.95 bits per heavy atom. The van der Waals surface area contributed by atoms with E-state index in [0.717, 1.165) is 38.2 Å². The molecule has 0 saturated carbocycles. The molecule has 2 rings (SSSR count). The zero-order valence-corrected chi connectivity index (χ0v) is 13.8. The van der Waals surface area contributed by atoms with Crippen LogP contribution in [0.2, 0.25) is 0 Å². The van der Waals surface area contributed by atoms with Gasteiger partial charge in [-0.25, -0.2) is 0 Å². The summed E-state index contributed by atoms with van der Waals surface area (Å²) in [6.07, 6.45) is 3.55. The Morgan fingerprint density at radius 1 is 1.33 bits per heavy atom. The molecular formula is C15H22ClNO3S. The van der Waals surface area contributed by atoms with Gasteiger partial charge in [0.25, 0.3) is 0 Å². The Hall–Kier alpha value is -0.910. The Bertz CT molecular complexity index is 433. The van der Waals surface area contributed by atoms with Gasteiger partial charge in [0.2, 0.25) is 0 Å². The standard InChI is InChI=1S/C15H21NO3S.ClH/c1-20-14-4-2-13(3-5-14)19-11-10-16-8-6-12(7-9-16)15(17)18;/h2-5,12H,6-11H2,1H3,(H,17,18);1H. The van der Waals surface area contributed by atoms with E-state index in [0.29, 0.717) is 6.61 Å². The molecule has 1 aliphatic heterocycles. The number of carbonyl (C=O) groups is 1. The first-order chi connectivity index (χ1) is 9.69. The van der Waals surface area contributed by atoms with E-state index >= 15 is 0 Å². The largest absolute Gasteiger partial charge is 0.492 e. The van der Waals surface area contributed by atoms with Gasteiger partial charge in [-0.05, 0) is 56.5 Å². The number of nitrogens with zero attached hydrogens (tertiary/aromatic N) is 1. The van der Waals surface area contributed by atoms with Crippen LogP contribution in [0.4, 0.5) is 0 Å². The molecule has 1 aromatic carbocycles. The molecule has 0 radical (unpaired) electrons. The first-order valence-corrected chi connectivity index (χ1v) is 8.13. The van der Waals surface area contributed by atoms with Crippen LogP contribution in [0.5, 0.6) is 5.75 Å². The highest BCUT2D eigenvalue weighted by molar-refractivity contribution is 7.98. The van der Waals surface area contributed by atoms with Crippen LogP contribution in [0.3, 0.4) is 0 Å². The molecule has 1 aromatic rings. The number of piperidine rings is 1. The van der Waals surface area contributed by atoms with Gasteiger partial charge in [-0.2, -0.15) is 0 Å². The van der Waals surface area contributed by atoms with Gasteiger partial charge >= 0.3 is 5.97 Å². The molecule has 0 spiro atoms. The minimum atomic E-state index is -0.658. The number of aliphatic carboxylic acids is 1. The Kier molecular flexibility index (Phi) is 7.93. The van der Waals surface area contributed by atoms with Crippen molar-refractivity contribution in [3.05, 3.63) is 24.3 Å². The zero-order valence-electron chi connectivity index (χ0n) is 12.2. The van der Waals surface area contributed by atoms with Crippen molar-refractivity contribution >= 4 is 30.1 Å². The number of hydrogen-bond donors (Lipinski definition) is 1. The normalized spacial score (nSPS) is 16.2. The lowest BCUT2D eigenvalue weighted by molar-refractivity contribution is -0.143. The minimum Gasteiger partial charge on any atom is -0.492 e. The van der Waals surface area contributed by atoms with Gasteiger partial charge in [0.15, 0.2) is 0 Å². The number of carboxylic acid groups (broad SMARTS) is 1. The third-order valence-electron chi connectivity index (χ3n) is 3.67. The van der Waals surface area contributed by atoms with Gasteiger partial charge in [-0.15, -0.1) is 24.2 Å². The summed E-state index contributed by atoms with van der Waals surface area (Å²) in [5, 5.41) is 8.95. The van der Waals surface area contributed by atoms with Gasteiger partial charge in [-0.3, -0.25) is 9.69 Å². The van der Waals surface area contributed by atoms with Gasteiger partial charge in [0.05, 0.1) is 5.92 Å². The van der Waals surface area contributed by atoms with Crippen molar-refractivity contribution in [1.82, 2.24) is 4.90 Å². The average molecular weight is 332 g/mol. The van der Waals surface area contributed by atoms with Crippen LogP contribution < -0.4 is 4.74 Å². The van der Waals surface area contributed by atoms with Crippen molar-refractivity contribution in [3.8, 4) is 5.75 Å². The molecule has 0 bridgehead atoms. The quantitative estimate of drug-likeness (QED) is 0.812. The molecule has 118 valence electrons. The molecule has 6 heteroatoms. The monoisotopic (exact) mass is 331 g/mol. The predicted octanol–water partition coefficient (Wildman–Crippen LogP) is 3.01. The fraction of sp³-hybridized carbons (Fsp3) is 0.533. The van der Waals surface area contributed by atoms with E-state index in [1.807, 2.05) is 12.1 Å². The minimum absolute atomic E-state index is 0. The van der Waals surface area contributed by atoms with E-state index in [1.165, 1.54) is 4.90 Å². The Balaban J connectivity index is 0.00000220. The number of ether oxygens (including phenoxy) is 1. The number of benzene rings is 1. The molecule has 0 atom stereocenters. The molecule has 0 amide bonds. The van der Waals surface area contributed by atoms with Crippen molar-refractivity contribution in [2.45, 2.75) is 17.7 Å². The molecule has 4 nitrogen and oxygen atoms in total. The molecule has 1 aliphatic rings. The van der Waals surface area contributed by atoms with Crippen molar-refractivity contribution in [2.75, 3.05) is 32.5 Å². The summed E-state index contributed by atoms with van der Waals surface area (Å²) in [4.78, 5) is 14.4. The van der Waals surface area contributed by atoms with Gasteiger partial charge in [-0.1, -0.05) is 0 Å². The number of likely N-dealkylation sites (tertiary alicyclic amines) is 1. The van der Waals surface area contributed by atoms with Crippen molar-refractivity contribution in [3.63, 3.8) is 0 Å². The van der Waals surface area contributed by atoms with E-state index in [9.17, 15) is 4.79 Å². The fourth-order valence-electron chi connectivity index (χ4n) is 2.37. The highest BCUT2D eigenvalue weighted by Crippen LogP contribution is 2.19. The second-order valence-corrected chi connectivity index (χ2v) is 5.86. The van der Waals surface area contributed by atoms with Crippen LogP contribution in [-0.4, -0.2) is 48.5 Å². The Morgan fingerprint density at radius 3 is 2.48 bits per heavy atom.